The minimum atomic E-state index is 0.707. The Hall–Kier alpha value is -3.06. The Labute approximate surface area is 157 Å². The highest BCUT2D eigenvalue weighted by Gasteiger charge is 2.21. The highest BCUT2D eigenvalue weighted by molar-refractivity contribution is 6.15. The molecule has 0 amide bonds. The zero-order valence-electron chi connectivity index (χ0n) is 15.2. The van der Waals surface area contributed by atoms with Crippen LogP contribution in [0.5, 0.6) is 0 Å². The van der Waals surface area contributed by atoms with E-state index in [0.717, 1.165) is 60.3 Å². The molecule has 0 atom stereocenters. The zero-order chi connectivity index (χ0) is 18.2. The van der Waals surface area contributed by atoms with E-state index in [4.69, 9.17) is 9.73 Å². The van der Waals surface area contributed by atoms with Gasteiger partial charge in [-0.05, 0) is 23.8 Å². The van der Waals surface area contributed by atoms with Crippen molar-refractivity contribution in [2.24, 2.45) is 12.0 Å². The molecule has 7 heteroatoms. The summed E-state index contributed by atoms with van der Waals surface area (Å²) in [4.78, 5) is 11.6. The van der Waals surface area contributed by atoms with Gasteiger partial charge in [-0.25, -0.2) is 4.98 Å². The van der Waals surface area contributed by atoms with Crippen LogP contribution in [0.2, 0.25) is 0 Å². The average Bonchev–Trinajstić information content (AvgIpc) is 3.34. The number of ether oxygens (including phenoxy) is 1. The number of nitrogens with zero attached hydrogens (tertiary/aromatic N) is 6. The maximum absolute atomic E-state index is 5.45. The summed E-state index contributed by atoms with van der Waals surface area (Å²) in [6.45, 7) is 3.94. The van der Waals surface area contributed by atoms with Crippen molar-refractivity contribution in [3.8, 4) is 11.4 Å². The van der Waals surface area contributed by atoms with Crippen molar-refractivity contribution in [1.82, 2.24) is 19.7 Å². The normalized spacial score (nSPS) is 16.3. The number of benzene rings is 1. The fourth-order valence-electron chi connectivity index (χ4n) is 3.65. The minimum Gasteiger partial charge on any atom is -0.378 e. The van der Waals surface area contributed by atoms with E-state index in [-0.39, 0.29) is 0 Å². The monoisotopic (exact) mass is 360 g/mol. The number of morpholine rings is 1. The zero-order valence-corrected chi connectivity index (χ0v) is 15.2. The molecule has 0 N–H and O–H groups in total. The van der Waals surface area contributed by atoms with Crippen LogP contribution in [0.1, 0.15) is 16.7 Å². The van der Waals surface area contributed by atoms with Crippen LogP contribution in [0.25, 0.3) is 11.4 Å². The van der Waals surface area contributed by atoms with Gasteiger partial charge < -0.3 is 14.2 Å². The number of rotatable bonds is 3. The van der Waals surface area contributed by atoms with Crippen LogP contribution in [0.4, 0.5) is 5.82 Å². The predicted molar refractivity (Wildman–Crippen MR) is 103 cm³/mol. The van der Waals surface area contributed by atoms with Gasteiger partial charge in [0, 0.05) is 43.0 Å². The number of aryl methyl sites for hydroxylation is 1. The van der Waals surface area contributed by atoms with Crippen molar-refractivity contribution in [1.29, 1.82) is 0 Å². The van der Waals surface area contributed by atoms with E-state index in [9.17, 15) is 0 Å². The fourth-order valence-corrected chi connectivity index (χ4v) is 3.65. The summed E-state index contributed by atoms with van der Waals surface area (Å²) < 4.78 is 7.38. The Kier molecular flexibility index (Phi) is 3.94. The summed E-state index contributed by atoms with van der Waals surface area (Å²) in [6.07, 6.45) is 3.59. The first-order valence-electron chi connectivity index (χ1n) is 9.11. The summed E-state index contributed by atoms with van der Waals surface area (Å²) >= 11 is 0. The first kappa shape index (κ1) is 16.1. The van der Waals surface area contributed by atoms with E-state index in [2.05, 4.69) is 44.3 Å². The summed E-state index contributed by atoms with van der Waals surface area (Å²) in [5, 5.41) is 8.22. The highest BCUT2D eigenvalue weighted by Crippen LogP contribution is 2.28. The van der Waals surface area contributed by atoms with Crippen molar-refractivity contribution in [2.75, 3.05) is 31.2 Å². The van der Waals surface area contributed by atoms with E-state index >= 15 is 0 Å². The van der Waals surface area contributed by atoms with Crippen molar-refractivity contribution in [3.05, 3.63) is 59.5 Å². The third-order valence-electron chi connectivity index (χ3n) is 5.10. The summed E-state index contributed by atoms with van der Waals surface area (Å²) in [6, 6.07) is 10.6. The van der Waals surface area contributed by atoms with E-state index in [1.165, 1.54) is 5.56 Å². The standard InChI is InChI=1S/C20H20N6O/c1-25-13-23-24-20(25)15-2-3-16-12-22-19(17(16)10-15)14-4-5-21-18(11-14)26-6-8-27-9-7-26/h2-5,10-11,13H,6-9,12H2,1H3. The first-order chi connectivity index (χ1) is 13.3. The highest BCUT2D eigenvalue weighted by atomic mass is 16.5. The molecule has 0 bridgehead atoms. The molecule has 5 rings (SSSR count). The molecule has 2 aliphatic heterocycles. The largest absolute Gasteiger partial charge is 0.378 e. The van der Waals surface area contributed by atoms with Gasteiger partial charge in [0.2, 0.25) is 0 Å². The number of hydrogen-bond donors (Lipinski definition) is 0. The van der Waals surface area contributed by atoms with Crippen molar-refractivity contribution in [3.63, 3.8) is 0 Å². The first-order valence-corrected chi connectivity index (χ1v) is 9.11. The molecule has 136 valence electrons. The van der Waals surface area contributed by atoms with Gasteiger partial charge >= 0.3 is 0 Å². The lowest BCUT2D eigenvalue weighted by molar-refractivity contribution is 0.122. The molecule has 0 radical (unpaired) electrons. The Morgan fingerprint density at radius 2 is 1.93 bits per heavy atom. The Morgan fingerprint density at radius 3 is 2.74 bits per heavy atom. The second-order valence-electron chi connectivity index (χ2n) is 6.80. The Morgan fingerprint density at radius 1 is 1.04 bits per heavy atom. The van der Waals surface area contributed by atoms with Gasteiger partial charge in [0.1, 0.15) is 12.1 Å². The maximum atomic E-state index is 5.45. The van der Waals surface area contributed by atoms with Crippen molar-refractivity contribution in [2.45, 2.75) is 6.54 Å². The van der Waals surface area contributed by atoms with Crippen LogP contribution in [0.3, 0.4) is 0 Å². The van der Waals surface area contributed by atoms with Crippen molar-refractivity contribution < 1.29 is 4.74 Å². The van der Waals surface area contributed by atoms with Gasteiger partial charge in [-0.3, -0.25) is 4.99 Å². The van der Waals surface area contributed by atoms with E-state index in [1.54, 1.807) is 6.33 Å². The third-order valence-corrected chi connectivity index (χ3v) is 5.10. The molecule has 27 heavy (non-hydrogen) atoms. The van der Waals surface area contributed by atoms with Crippen LogP contribution >= 0.6 is 0 Å². The number of aliphatic imine (C=N–C) groups is 1. The number of fused-ring (bicyclic) bond motifs is 1. The summed E-state index contributed by atoms with van der Waals surface area (Å²) in [5.74, 6) is 1.84. The quantitative estimate of drug-likeness (QED) is 0.715. The molecule has 7 nitrogen and oxygen atoms in total. The van der Waals surface area contributed by atoms with Crippen LogP contribution in [0, 0.1) is 0 Å². The molecule has 4 heterocycles. The maximum Gasteiger partial charge on any atom is 0.163 e. The number of hydrogen-bond acceptors (Lipinski definition) is 6. The Bertz CT molecular complexity index is 1020. The minimum absolute atomic E-state index is 0.707. The molecule has 0 unspecified atom stereocenters. The smallest absolute Gasteiger partial charge is 0.163 e. The average molecular weight is 360 g/mol. The van der Waals surface area contributed by atoms with E-state index in [0.29, 0.717) is 6.54 Å². The second kappa shape index (κ2) is 6.59. The van der Waals surface area contributed by atoms with Gasteiger partial charge in [-0.1, -0.05) is 12.1 Å². The molecular weight excluding hydrogens is 340 g/mol. The topological polar surface area (TPSA) is 68.4 Å². The van der Waals surface area contributed by atoms with E-state index in [1.807, 2.05) is 23.9 Å². The van der Waals surface area contributed by atoms with Crippen LogP contribution in [0.15, 0.2) is 47.8 Å². The van der Waals surface area contributed by atoms with Gasteiger partial charge in [-0.2, -0.15) is 0 Å². The van der Waals surface area contributed by atoms with Gasteiger partial charge in [0.25, 0.3) is 0 Å². The van der Waals surface area contributed by atoms with Gasteiger partial charge in [0.05, 0.1) is 25.5 Å². The second-order valence-corrected chi connectivity index (χ2v) is 6.80. The fraction of sp³-hybridized carbons (Fsp3) is 0.300. The lowest BCUT2D eigenvalue weighted by Crippen LogP contribution is -2.36. The predicted octanol–water partition coefficient (Wildman–Crippen LogP) is 2.06. The van der Waals surface area contributed by atoms with Gasteiger partial charge in [0.15, 0.2) is 5.82 Å². The summed E-state index contributed by atoms with van der Waals surface area (Å²) in [5.41, 5.74) is 5.56. The molecule has 2 aliphatic rings. The molecule has 0 aliphatic carbocycles. The van der Waals surface area contributed by atoms with Crippen LogP contribution in [-0.2, 0) is 18.3 Å². The molecule has 0 saturated carbocycles. The molecule has 2 aromatic heterocycles. The van der Waals surface area contributed by atoms with Gasteiger partial charge in [-0.15, -0.1) is 10.2 Å². The molecule has 1 saturated heterocycles. The third kappa shape index (κ3) is 2.90. The number of anilines is 1. The molecule has 0 spiro atoms. The molecule has 1 fully saturated rings. The van der Waals surface area contributed by atoms with Crippen LogP contribution in [-0.4, -0.2) is 51.8 Å². The SMILES string of the molecule is Cn1cnnc1-c1ccc2c(c1)C(c1ccnc(N3CCOCC3)c1)=NC2. The number of pyridine rings is 1. The Balaban J connectivity index is 1.51. The summed E-state index contributed by atoms with van der Waals surface area (Å²) in [7, 11) is 1.95. The molecular formula is C20H20N6O. The van der Waals surface area contributed by atoms with Crippen LogP contribution < -0.4 is 4.90 Å². The number of aromatic nitrogens is 4. The molecule has 3 aromatic rings. The molecule has 1 aromatic carbocycles. The lowest BCUT2D eigenvalue weighted by Gasteiger charge is -2.28. The van der Waals surface area contributed by atoms with Crippen molar-refractivity contribution >= 4 is 11.5 Å². The van der Waals surface area contributed by atoms with E-state index < -0.39 is 0 Å². The lowest BCUT2D eigenvalue weighted by atomic mass is 9.98.